The molecule has 1 saturated heterocycles. The molecule has 3 rings (SSSR count). The number of likely N-dealkylation sites (tertiary alicyclic amines) is 1. The molecule has 0 radical (unpaired) electrons. The summed E-state index contributed by atoms with van der Waals surface area (Å²) in [5.41, 5.74) is 1.34. The van der Waals surface area contributed by atoms with E-state index in [0.717, 1.165) is 32.4 Å². The second kappa shape index (κ2) is 9.89. The van der Waals surface area contributed by atoms with E-state index in [-0.39, 0.29) is 23.8 Å². The van der Waals surface area contributed by atoms with Crippen LogP contribution in [0, 0.1) is 5.92 Å². The fraction of sp³-hybridized carbons (Fsp3) is 0.409. The van der Waals surface area contributed by atoms with Crippen LogP contribution in [0.15, 0.2) is 59.5 Å². The zero-order valence-electron chi connectivity index (χ0n) is 16.7. The molecule has 2 aromatic carbocycles. The summed E-state index contributed by atoms with van der Waals surface area (Å²) >= 11 is 0. The minimum absolute atomic E-state index is 0.000548. The number of sulfonamides is 1. The van der Waals surface area contributed by atoms with Crippen molar-refractivity contribution >= 4 is 15.9 Å². The molecule has 6 nitrogen and oxygen atoms in total. The van der Waals surface area contributed by atoms with Gasteiger partial charge < -0.3 is 9.64 Å². The van der Waals surface area contributed by atoms with E-state index in [4.69, 9.17) is 4.74 Å². The first-order valence-electron chi connectivity index (χ1n) is 9.93. The van der Waals surface area contributed by atoms with Gasteiger partial charge in [-0.2, -0.15) is 0 Å². The summed E-state index contributed by atoms with van der Waals surface area (Å²) in [7, 11) is -2.11. The summed E-state index contributed by atoms with van der Waals surface area (Å²) in [6, 6.07) is 16.6. The molecule has 29 heavy (non-hydrogen) atoms. The summed E-state index contributed by atoms with van der Waals surface area (Å²) < 4.78 is 32.2. The maximum absolute atomic E-state index is 12.4. The number of piperidine rings is 1. The van der Waals surface area contributed by atoms with Gasteiger partial charge in [-0.3, -0.25) is 4.79 Å². The first-order chi connectivity index (χ1) is 14.0. The van der Waals surface area contributed by atoms with Crippen molar-refractivity contribution in [1.82, 2.24) is 9.62 Å². The van der Waals surface area contributed by atoms with E-state index in [2.05, 4.69) is 29.0 Å². The SMILES string of the molecule is COc1ccc(S(=O)(=O)NCCC(=O)N2CCC(Cc3ccccc3)CC2)cc1. The van der Waals surface area contributed by atoms with E-state index in [9.17, 15) is 13.2 Å². The highest BCUT2D eigenvalue weighted by molar-refractivity contribution is 7.89. The lowest BCUT2D eigenvalue weighted by Crippen LogP contribution is -2.40. The van der Waals surface area contributed by atoms with Gasteiger partial charge in [0.1, 0.15) is 5.75 Å². The Labute approximate surface area is 172 Å². The van der Waals surface area contributed by atoms with Crippen LogP contribution in [0.25, 0.3) is 0 Å². The van der Waals surface area contributed by atoms with Crippen LogP contribution in [0.2, 0.25) is 0 Å². The zero-order chi connectivity index (χ0) is 20.7. The fourth-order valence-electron chi connectivity index (χ4n) is 3.62. The lowest BCUT2D eigenvalue weighted by Gasteiger charge is -2.32. The van der Waals surface area contributed by atoms with Crippen molar-refractivity contribution < 1.29 is 17.9 Å². The van der Waals surface area contributed by atoms with Crippen molar-refractivity contribution in [1.29, 1.82) is 0 Å². The number of carbonyl (C=O) groups is 1. The van der Waals surface area contributed by atoms with E-state index < -0.39 is 10.0 Å². The number of methoxy groups -OCH3 is 1. The standard InChI is InChI=1S/C22H28N2O4S/c1-28-20-7-9-21(10-8-20)29(26,27)23-14-11-22(25)24-15-12-19(13-16-24)17-18-5-3-2-4-6-18/h2-10,19,23H,11-17H2,1H3. The highest BCUT2D eigenvalue weighted by Crippen LogP contribution is 2.22. The quantitative estimate of drug-likeness (QED) is 0.718. The summed E-state index contributed by atoms with van der Waals surface area (Å²) in [6.07, 6.45) is 3.18. The van der Waals surface area contributed by atoms with E-state index in [0.29, 0.717) is 11.7 Å². The Balaban J connectivity index is 1.41. The van der Waals surface area contributed by atoms with Crippen molar-refractivity contribution in [2.24, 2.45) is 5.92 Å². The Bertz CT molecular complexity index is 890. The van der Waals surface area contributed by atoms with Crippen LogP contribution < -0.4 is 9.46 Å². The van der Waals surface area contributed by atoms with Crippen LogP contribution in [0.1, 0.15) is 24.8 Å². The van der Waals surface area contributed by atoms with Gasteiger partial charge in [-0.15, -0.1) is 0 Å². The smallest absolute Gasteiger partial charge is 0.240 e. The predicted molar refractivity (Wildman–Crippen MR) is 112 cm³/mol. The van der Waals surface area contributed by atoms with Crippen molar-refractivity contribution in [3.05, 3.63) is 60.2 Å². The molecule has 0 atom stereocenters. The number of nitrogens with one attached hydrogen (secondary N) is 1. The third-order valence-corrected chi connectivity index (χ3v) is 6.81. The Morgan fingerprint density at radius 2 is 1.72 bits per heavy atom. The first-order valence-corrected chi connectivity index (χ1v) is 11.4. The van der Waals surface area contributed by atoms with Crippen LogP contribution in [0.3, 0.4) is 0 Å². The second-order valence-corrected chi connectivity index (χ2v) is 9.10. The number of hydrogen-bond donors (Lipinski definition) is 1. The highest BCUT2D eigenvalue weighted by atomic mass is 32.2. The van der Waals surface area contributed by atoms with Crippen molar-refractivity contribution in [3.8, 4) is 5.75 Å². The van der Waals surface area contributed by atoms with Gasteiger partial charge in [0.05, 0.1) is 12.0 Å². The maximum atomic E-state index is 12.4. The van der Waals surface area contributed by atoms with Gasteiger partial charge in [0, 0.05) is 26.1 Å². The molecule has 2 aromatic rings. The van der Waals surface area contributed by atoms with Crippen LogP contribution in [0.5, 0.6) is 5.75 Å². The molecule has 1 N–H and O–H groups in total. The number of hydrogen-bond acceptors (Lipinski definition) is 4. The van der Waals surface area contributed by atoms with Crippen LogP contribution in [0.4, 0.5) is 0 Å². The average Bonchev–Trinajstić information content (AvgIpc) is 2.75. The van der Waals surface area contributed by atoms with Gasteiger partial charge in [-0.25, -0.2) is 13.1 Å². The third kappa shape index (κ3) is 6.05. The van der Waals surface area contributed by atoms with Gasteiger partial charge in [-0.1, -0.05) is 30.3 Å². The molecule has 1 fully saturated rings. The van der Waals surface area contributed by atoms with Crippen molar-refractivity contribution in [3.63, 3.8) is 0 Å². The Hall–Kier alpha value is -2.38. The minimum atomic E-state index is -3.63. The van der Waals surface area contributed by atoms with Gasteiger partial charge in [0.15, 0.2) is 0 Å². The highest BCUT2D eigenvalue weighted by Gasteiger charge is 2.23. The third-order valence-electron chi connectivity index (χ3n) is 5.34. The number of nitrogens with zero attached hydrogens (tertiary/aromatic N) is 1. The molecule has 1 amide bonds. The van der Waals surface area contributed by atoms with E-state index in [1.54, 1.807) is 12.1 Å². The Morgan fingerprint density at radius 1 is 1.07 bits per heavy atom. The minimum Gasteiger partial charge on any atom is -0.497 e. The lowest BCUT2D eigenvalue weighted by molar-refractivity contribution is -0.132. The maximum Gasteiger partial charge on any atom is 0.240 e. The Kier molecular flexibility index (Phi) is 7.28. The van der Waals surface area contributed by atoms with Crippen molar-refractivity contribution in [2.45, 2.75) is 30.6 Å². The Morgan fingerprint density at radius 3 is 2.34 bits per heavy atom. The largest absolute Gasteiger partial charge is 0.497 e. The van der Waals surface area contributed by atoms with Gasteiger partial charge >= 0.3 is 0 Å². The number of ether oxygens (including phenoxy) is 1. The topological polar surface area (TPSA) is 75.7 Å². The van der Waals surface area contributed by atoms with Crippen LogP contribution in [-0.2, 0) is 21.2 Å². The molecule has 0 bridgehead atoms. The molecular formula is C22H28N2O4S. The fourth-order valence-corrected chi connectivity index (χ4v) is 4.65. The molecule has 0 spiro atoms. The number of benzene rings is 2. The first kappa shape index (κ1) is 21.3. The molecule has 1 heterocycles. The number of carbonyl (C=O) groups excluding carboxylic acids is 1. The molecule has 0 aliphatic carbocycles. The monoisotopic (exact) mass is 416 g/mol. The van der Waals surface area contributed by atoms with E-state index >= 15 is 0 Å². The summed E-state index contributed by atoms with van der Waals surface area (Å²) in [5.74, 6) is 1.19. The molecule has 0 unspecified atom stereocenters. The zero-order valence-corrected chi connectivity index (χ0v) is 17.5. The molecule has 0 saturated carbocycles. The number of amides is 1. The second-order valence-electron chi connectivity index (χ2n) is 7.34. The number of rotatable bonds is 8. The average molecular weight is 417 g/mol. The molecule has 156 valence electrons. The normalized spacial score (nSPS) is 15.3. The molecule has 0 aromatic heterocycles. The van der Waals surface area contributed by atoms with E-state index in [1.807, 2.05) is 11.0 Å². The van der Waals surface area contributed by atoms with Gasteiger partial charge in [-0.05, 0) is 55.0 Å². The van der Waals surface area contributed by atoms with Crippen LogP contribution >= 0.6 is 0 Å². The molecule has 7 heteroatoms. The molecular weight excluding hydrogens is 388 g/mol. The predicted octanol–water partition coefficient (Wildman–Crippen LogP) is 2.84. The molecule has 1 aliphatic heterocycles. The van der Waals surface area contributed by atoms with Crippen LogP contribution in [-0.4, -0.2) is 46.0 Å². The molecule has 1 aliphatic rings. The summed E-state index contributed by atoms with van der Waals surface area (Å²) in [4.78, 5) is 14.5. The lowest BCUT2D eigenvalue weighted by atomic mass is 9.90. The van der Waals surface area contributed by atoms with E-state index in [1.165, 1.54) is 24.8 Å². The van der Waals surface area contributed by atoms with Crippen molar-refractivity contribution in [2.75, 3.05) is 26.7 Å². The summed E-state index contributed by atoms with van der Waals surface area (Å²) in [5, 5.41) is 0. The van der Waals surface area contributed by atoms with Gasteiger partial charge in [0.25, 0.3) is 0 Å². The summed E-state index contributed by atoms with van der Waals surface area (Å²) in [6.45, 7) is 1.57. The van der Waals surface area contributed by atoms with Gasteiger partial charge in [0.2, 0.25) is 15.9 Å².